The highest BCUT2D eigenvalue weighted by Crippen LogP contribution is 2.17. The Labute approximate surface area is 122 Å². The fourth-order valence-electron chi connectivity index (χ4n) is 3.04. The van der Waals surface area contributed by atoms with Crippen molar-refractivity contribution >= 4 is 5.91 Å². The number of likely N-dealkylation sites (tertiary alicyclic amines) is 1. The molecule has 0 spiro atoms. The summed E-state index contributed by atoms with van der Waals surface area (Å²) < 4.78 is 0. The first-order valence-electron chi connectivity index (χ1n) is 7.67. The lowest BCUT2D eigenvalue weighted by Gasteiger charge is -2.32. The molecule has 0 saturated carbocycles. The zero-order chi connectivity index (χ0) is 14.4. The predicted molar refractivity (Wildman–Crippen MR) is 82.7 cm³/mol. The third kappa shape index (κ3) is 4.07. The van der Waals surface area contributed by atoms with Crippen LogP contribution in [0.4, 0.5) is 0 Å². The summed E-state index contributed by atoms with van der Waals surface area (Å²) in [5.74, 6) is 0.935. The smallest absolute Gasteiger partial charge is 0.222 e. The minimum atomic E-state index is 0.314. The highest BCUT2D eigenvalue weighted by Gasteiger charge is 2.22. The Bertz CT molecular complexity index is 442. The fourth-order valence-corrected chi connectivity index (χ4v) is 3.04. The molecule has 1 atom stereocenters. The van der Waals surface area contributed by atoms with Gasteiger partial charge in [0.15, 0.2) is 0 Å². The van der Waals surface area contributed by atoms with E-state index in [1.54, 1.807) is 0 Å². The first-order valence-corrected chi connectivity index (χ1v) is 7.67. The molecule has 1 heterocycles. The molecule has 3 heteroatoms. The lowest BCUT2D eigenvalue weighted by atomic mass is 9.97. The molecule has 0 aromatic heterocycles. The van der Waals surface area contributed by atoms with E-state index in [2.05, 4.69) is 35.3 Å². The van der Waals surface area contributed by atoms with E-state index in [9.17, 15) is 4.79 Å². The standard InChI is InChI=1S/C17H26N2O/c1-14-6-3-4-8-16(14)9-10-17(20)19-11-5-7-15(13-19)12-18-2/h3-4,6,8,15,18H,5,7,9-13H2,1-2H3/t15-/m1/s1. The summed E-state index contributed by atoms with van der Waals surface area (Å²) in [7, 11) is 1.99. The van der Waals surface area contributed by atoms with Gasteiger partial charge in [-0.25, -0.2) is 0 Å². The van der Waals surface area contributed by atoms with Crippen molar-refractivity contribution in [1.29, 1.82) is 0 Å². The summed E-state index contributed by atoms with van der Waals surface area (Å²) in [5.41, 5.74) is 2.58. The molecule has 0 radical (unpaired) electrons. The number of hydrogen-bond acceptors (Lipinski definition) is 2. The van der Waals surface area contributed by atoms with E-state index in [0.717, 1.165) is 32.5 Å². The largest absolute Gasteiger partial charge is 0.342 e. The number of amides is 1. The molecule has 1 N–H and O–H groups in total. The molecule has 0 aliphatic carbocycles. The molecule has 3 nitrogen and oxygen atoms in total. The molecule has 0 unspecified atom stereocenters. The Kier molecular flexibility index (Phi) is 5.60. The maximum atomic E-state index is 12.3. The van der Waals surface area contributed by atoms with Crippen molar-refractivity contribution in [2.24, 2.45) is 5.92 Å². The van der Waals surface area contributed by atoms with Gasteiger partial charge in [0.2, 0.25) is 5.91 Å². The molecular formula is C17H26N2O. The monoisotopic (exact) mass is 274 g/mol. The number of piperidine rings is 1. The molecule has 0 bridgehead atoms. The molecule has 1 aromatic carbocycles. The quantitative estimate of drug-likeness (QED) is 0.894. The van der Waals surface area contributed by atoms with Gasteiger partial charge in [-0.05, 0) is 56.8 Å². The zero-order valence-corrected chi connectivity index (χ0v) is 12.7. The van der Waals surface area contributed by atoms with Crippen LogP contribution in [0.15, 0.2) is 24.3 Å². The topological polar surface area (TPSA) is 32.3 Å². The van der Waals surface area contributed by atoms with Gasteiger partial charge >= 0.3 is 0 Å². The number of nitrogens with one attached hydrogen (secondary N) is 1. The van der Waals surface area contributed by atoms with Gasteiger partial charge in [0.05, 0.1) is 0 Å². The van der Waals surface area contributed by atoms with E-state index in [0.29, 0.717) is 18.2 Å². The minimum absolute atomic E-state index is 0.314. The normalized spacial score (nSPS) is 19.1. The van der Waals surface area contributed by atoms with Crippen LogP contribution in [0.25, 0.3) is 0 Å². The molecule has 1 aliphatic rings. The number of nitrogens with zero attached hydrogens (tertiary/aromatic N) is 1. The third-order valence-corrected chi connectivity index (χ3v) is 4.23. The van der Waals surface area contributed by atoms with Gasteiger partial charge < -0.3 is 10.2 Å². The number of carbonyl (C=O) groups excluding carboxylic acids is 1. The molecule has 1 amide bonds. The lowest BCUT2D eigenvalue weighted by molar-refractivity contribution is -0.132. The van der Waals surface area contributed by atoms with E-state index < -0.39 is 0 Å². The van der Waals surface area contributed by atoms with Crippen molar-refractivity contribution in [3.8, 4) is 0 Å². The van der Waals surface area contributed by atoms with Crippen LogP contribution in [0.5, 0.6) is 0 Å². The fraction of sp³-hybridized carbons (Fsp3) is 0.588. The summed E-state index contributed by atoms with van der Waals surface area (Å²) in [4.78, 5) is 14.4. The van der Waals surface area contributed by atoms with Gasteiger partial charge in [-0.1, -0.05) is 24.3 Å². The van der Waals surface area contributed by atoms with Crippen LogP contribution in [0, 0.1) is 12.8 Å². The predicted octanol–water partition coefficient (Wildman–Crippen LogP) is 2.39. The van der Waals surface area contributed by atoms with Crippen molar-refractivity contribution in [1.82, 2.24) is 10.2 Å². The maximum Gasteiger partial charge on any atom is 0.222 e. The van der Waals surface area contributed by atoms with E-state index in [1.165, 1.54) is 17.5 Å². The number of benzene rings is 1. The first-order chi connectivity index (χ1) is 9.70. The van der Waals surface area contributed by atoms with E-state index in [-0.39, 0.29) is 0 Å². The zero-order valence-electron chi connectivity index (χ0n) is 12.7. The van der Waals surface area contributed by atoms with Crippen molar-refractivity contribution in [2.45, 2.75) is 32.6 Å². The first kappa shape index (κ1) is 15.0. The highest BCUT2D eigenvalue weighted by atomic mass is 16.2. The average molecular weight is 274 g/mol. The summed E-state index contributed by atoms with van der Waals surface area (Å²) in [6.07, 6.45) is 3.88. The summed E-state index contributed by atoms with van der Waals surface area (Å²) in [6.45, 7) is 4.99. The van der Waals surface area contributed by atoms with Gasteiger partial charge in [-0.3, -0.25) is 4.79 Å². The Morgan fingerprint density at radius 1 is 1.40 bits per heavy atom. The summed E-state index contributed by atoms with van der Waals surface area (Å²) in [5, 5.41) is 3.22. The molecule has 1 saturated heterocycles. The number of rotatable bonds is 5. The Balaban J connectivity index is 1.84. The highest BCUT2D eigenvalue weighted by molar-refractivity contribution is 5.76. The van der Waals surface area contributed by atoms with Crippen LogP contribution in [0.2, 0.25) is 0 Å². The van der Waals surface area contributed by atoms with E-state index in [4.69, 9.17) is 0 Å². The Morgan fingerprint density at radius 3 is 2.95 bits per heavy atom. The second-order valence-corrected chi connectivity index (χ2v) is 5.83. The lowest BCUT2D eigenvalue weighted by Crippen LogP contribution is -2.42. The van der Waals surface area contributed by atoms with Crippen molar-refractivity contribution in [2.75, 3.05) is 26.7 Å². The Morgan fingerprint density at radius 2 is 2.20 bits per heavy atom. The second kappa shape index (κ2) is 7.44. The van der Waals surface area contributed by atoms with Crippen molar-refractivity contribution in [3.63, 3.8) is 0 Å². The van der Waals surface area contributed by atoms with Gasteiger partial charge in [-0.15, -0.1) is 0 Å². The SMILES string of the molecule is CNC[C@H]1CCCN(C(=O)CCc2ccccc2C)C1. The van der Waals surface area contributed by atoms with Crippen molar-refractivity contribution in [3.05, 3.63) is 35.4 Å². The molecule has 1 fully saturated rings. The van der Waals surface area contributed by atoms with E-state index >= 15 is 0 Å². The van der Waals surface area contributed by atoms with Crippen molar-refractivity contribution < 1.29 is 4.79 Å². The molecule has 1 aliphatic heterocycles. The van der Waals surface area contributed by atoms with Crippen LogP contribution in [-0.4, -0.2) is 37.5 Å². The number of carbonyl (C=O) groups is 1. The molecule has 2 rings (SSSR count). The minimum Gasteiger partial charge on any atom is -0.342 e. The molecular weight excluding hydrogens is 248 g/mol. The van der Waals surface area contributed by atoms with Crippen LogP contribution in [0.1, 0.15) is 30.4 Å². The Hall–Kier alpha value is -1.35. The average Bonchev–Trinajstić information content (AvgIpc) is 2.47. The number of hydrogen-bond donors (Lipinski definition) is 1. The maximum absolute atomic E-state index is 12.3. The van der Waals surface area contributed by atoms with Gasteiger partial charge in [0, 0.05) is 19.5 Å². The van der Waals surface area contributed by atoms with Crippen LogP contribution >= 0.6 is 0 Å². The number of aryl methyl sites for hydroxylation is 2. The second-order valence-electron chi connectivity index (χ2n) is 5.83. The summed E-state index contributed by atoms with van der Waals surface area (Å²) >= 11 is 0. The van der Waals surface area contributed by atoms with E-state index in [1.807, 2.05) is 13.1 Å². The van der Waals surface area contributed by atoms with Crippen LogP contribution < -0.4 is 5.32 Å². The molecule has 1 aromatic rings. The molecule has 20 heavy (non-hydrogen) atoms. The third-order valence-electron chi connectivity index (χ3n) is 4.23. The van der Waals surface area contributed by atoms with Gasteiger partial charge in [0.1, 0.15) is 0 Å². The van der Waals surface area contributed by atoms with Gasteiger partial charge in [0.25, 0.3) is 0 Å². The van der Waals surface area contributed by atoms with Gasteiger partial charge in [-0.2, -0.15) is 0 Å². The van der Waals surface area contributed by atoms with Crippen LogP contribution in [-0.2, 0) is 11.2 Å². The van der Waals surface area contributed by atoms with Crippen LogP contribution in [0.3, 0.4) is 0 Å². The summed E-state index contributed by atoms with van der Waals surface area (Å²) in [6, 6.07) is 8.34. The molecule has 110 valence electrons.